The number of carbonyl (C=O) groups excluding carboxylic acids is 1. The second kappa shape index (κ2) is 6.24. The predicted octanol–water partition coefficient (Wildman–Crippen LogP) is 3.22. The fourth-order valence-corrected chi connectivity index (χ4v) is 7.06. The van der Waals surface area contributed by atoms with Crippen molar-refractivity contribution in [2.24, 2.45) is 5.92 Å². The fraction of sp³-hybridized carbons (Fsp3) is 0.444. The van der Waals surface area contributed by atoms with E-state index in [4.69, 9.17) is 4.74 Å². The molecule has 5 nitrogen and oxygen atoms in total. The molecule has 1 saturated heterocycles. The van der Waals surface area contributed by atoms with Crippen molar-refractivity contribution in [2.45, 2.75) is 55.3 Å². The highest BCUT2D eigenvalue weighted by molar-refractivity contribution is 6.06. The van der Waals surface area contributed by atoms with E-state index in [0.29, 0.717) is 24.2 Å². The van der Waals surface area contributed by atoms with Crippen LogP contribution < -0.4 is 4.74 Å². The third-order valence-corrected chi connectivity index (χ3v) is 8.67. The van der Waals surface area contributed by atoms with Crippen molar-refractivity contribution in [1.82, 2.24) is 4.90 Å². The van der Waals surface area contributed by atoms with Crippen LogP contribution in [-0.4, -0.2) is 51.7 Å². The summed E-state index contributed by atoms with van der Waals surface area (Å²) in [5.74, 6) is 1.14. The molecule has 4 atom stereocenters. The van der Waals surface area contributed by atoms with Crippen molar-refractivity contribution in [2.75, 3.05) is 13.1 Å². The van der Waals surface area contributed by atoms with Crippen LogP contribution in [0.5, 0.6) is 11.5 Å². The first kappa shape index (κ1) is 18.9. The highest BCUT2D eigenvalue weighted by Crippen LogP contribution is 2.65. The number of rotatable bonds is 3. The lowest BCUT2D eigenvalue weighted by Gasteiger charge is -2.62. The van der Waals surface area contributed by atoms with Gasteiger partial charge in [0.05, 0.1) is 11.0 Å². The number of carbonyl (C=O) groups is 1. The van der Waals surface area contributed by atoms with Gasteiger partial charge in [0.15, 0.2) is 23.4 Å². The number of phenols is 1. The molecule has 32 heavy (non-hydrogen) atoms. The van der Waals surface area contributed by atoms with E-state index in [1.807, 2.05) is 42.5 Å². The maximum Gasteiger partial charge on any atom is 0.200 e. The highest BCUT2D eigenvalue weighted by atomic mass is 16.5. The first-order valence-corrected chi connectivity index (χ1v) is 11.8. The Morgan fingerprint density at radius 2 is 1.97 bits per heavy atom. The molecule has 2 N–H and O–H groups in total. The van der Waals surface area contributed by atoms with Gasteiger partial charge in [-0.25, -0.2) is 0 Å². The molecule has 3 fully saturated rings. The Labute approximate surface area is 187 Å². The SMILES string of the molecule is O=C1/C(=C\c2ccccc2)C[C@@]2(O)[C@H]3Cc4ccc(O)c5c4[C@@]2(CCN3CC2CC2)[C@H]1O5. The zero-order valence-electron chi connectivity index (χ0n) is 18.0. The number of piperidine rings is 1. The van der Waals surface area contributed by atoms with Gasteiger partial charge in [0.25, 0.3) is 0 Å². The van der Waals surface area contributed by atoms with E-state index in [-0.39, 0.29) is 17.6 Å². The summed E-state index contributed by atoms with van der Waals surface area (Å²) in [5, 5.41) is 23.2. The summed E-state index contributed by atoms with van der Waals surface area (Å²) in [7, 11) is 0. The van der Waals surface area contributed by atoms with Crippen molar-refractivity contribution in [3.63, 3.8) is 0 Å². The molecule has 164 valence electrons. The molecule has 5 heteroatoms. The summed E-state index contributed by atoms with van der Waals surface area (Å²) < 4.78 is 6.26. The number of Topliss-reactive ketones (excluding diaryl/α,β-unsaturated/α-hetero) is 1. The van der Waals surface area contributed by atoms with Crippen LogP contribution in [0.25, 0.3) is 6.08 Å². The number of aliphatic hydroxyl groups is 1. The molecule has 2 aliphatic heterocycles. The normalized spacial score (nSPS) is 36.2. The lowest BCUT2D eigenvalue weighted by atomic mass is 9.48. The standard InChI is InChI=1S/C27H27NO4/c29-20-9-8-18-13-21-27(31)14-19(12-16-4-2-1-3-5-16)23(30)25-26(27,22(18)24(20)32-25)10-11-28(21)15-17-6-7-17/h1-5,8-9,12,17,21,25,29,31H,6-7,10-11,13-15H2/b19-12-/t21-,25+,26+,27-/m1/s1. The first-order valence-electron chi connectivity index (χ1n) is 11.8. The molecular weight excluding hydrogens is 402 g/mol. The number of hydrogen-bond acceptors (Lipinski definition) is 5. The van der Waals surface area contributed by atoms with Crippen LogP contribution in [0.1, 0.15) is 42.4 Å². The minimum atomic E-state index is -1.11. The van der Waals surface area contributed by atoms with E-state index in [2.05, 4.69) is 4.90 Å². The second-order valence-electron chi connectivity index (χ2n) is 10.4. The van der Waals surface area contributed by atoms with E-state index in [9.17, 15) is 15.0 Å². The van der Waals surface area contributed by atoms with Crippen molar-refractivity contribution < 1.29 is 19.7 Å². The minimum absolute atomic E-state index is 0.0572. The summed E-state index contributed by atoms with van der Waals surface area (Å²) in [6.45, 7) is 1.86. The van der Waals surface area contributed by atoms with Crippen molar-refractivity contribution in [1.29, 1.82) is 0 Å². The van der Waals surface area contributed by atoms with Crippen LogP contribution in [0, 0.1) is 5.92 Å². The Balaban J connectivity index is 1.42. The van der Waals surface area contributed by atoms with Gasteiger partial charge in [0.2, 0.25) is 0 Å². The lowest BCUT2D eigenvalue weighted by molar-refractivity contribution is -0.179. The molecule has 2 aromatic carbocycles. The molecule has 0 radical (unpaired) electrons. The zero-order chi connectivity index (χ0) is 21.7. The Morgan fingerprint density at radius 3 is 2.75 bits per heavy atom. The summed E-state index contributed by atoms with van der Waals surface area (Å²) in [5.41, 5.74) is 1.67. The first-order chi connectivity index (χ1) is 15.5. The maximum atomic E-state index is 13.8. The fourth-order valence-electron chi connectivity index (χ4n) is 7.06. The number of ether oxygens (including phenoxy) is 1. The van der Waals surface area contributed by atoms with E-state index < -0.39 is 17.1 Å². The summed E-state index contributed by atoms with van der Waals surface area (Å²) in [6, 6.07) is 13.4. The van der Waals surface area contributed by atoms with Crippen molar-refractivity contribution in [3.8, 4) is 11.5 Å². The molecule has 3 aliphatic carbocycles. The van der Waals surface area contributed by atoms with Crippen LogP contribution in [0.2, 0.25) is 0 Å². The average molecular weight is 430 g/mol. The number of benzene rings is 2. The van der Waals surface area contributed by atoms with Crippen LogP contribution in [-0.2, 0) is 16.6 Å². The number of aromatic hydroxyl groups is 1. The Bertz CT molecular complexity index is 1170. The zero-order valence-corrected chi connectivity index (χ0v) is 18.0. The number of ketones is 1. The van der Waals surface area contributed by atoms with Gasteiger partial charge in [-0.1, -0.05) is 36.4 Å². The minimum Gasteiger partial charge on any atom is -0.504 e. The van der Waals surface area contributed by atoms with Crippen LogP contribution in [0.15, 0.2) is 48.0 Å². The van der Waals surface area contributed by atoms with E-state index in [0.717, 1.165) is 42.1 Å². The molecule has 2 saturated carbocycles. The third-order valence-electron chi connectivity index (χ3n) is 8.67. The summed E-state index contributed by atoms with van der Waals surface area (Å²) >= 11 is 0. The van der Waals surface area contributed by atoms with Crippen molar-refractivity contribution in [3.05, 3.63) is 64.7 Å². The molecule has 0 unspecified atom stereocenters. The Hall–Kier alpha value is -2.63. The van der Waals surface area contributed by atoms with Crippen LogP contribution in [0.3, 0.4) is 0 Å². The van der Waals surface area contributed by atoms with Gasteiger partial charge in [-0.2, -0.15) is 0 Å². The van der Waals surface area contributed by atoms with Gasteiger partial charge in [-0.3, -0.25) is 9.69 Å². The van der Waals surface area contributed by atoms with Gasteiger partial charge in [-0.15, -0.1) is 0 Å². The summed E-state index contributed by atoms with van der Waals surface area (Å²) in [6.07, 6.45) is 5.37. The molecule has 2 heterocycles. The number of phenolic OH excluding ortho intramolecular Hbond substituents is 1. The predicted molar refractivity (Wildman–Crippen MR) is 120 cm³/mol. The molecule has 2 aromatic rings. The highest BCUT2D eigenvalue weighted by Gasteiger charge is 2.74. The topological polar surface area (TPSA) is 70.0 Å². The molecule has 0 amide bonds. The third kappa shape index (κ3) is 2.28. The quantitative estimate of drug-likeness (QED) is 0.734. The molecule has 2 bridgehead atoms. The van der Waals surface area contributed by atoms with Gasteiger partial charge in [0, 0.05) is 30.1 Å². The summed E-state index contributed by atoms with van der Waals surface area (Å²) in [4.78, 5) is 16.3. The number of hydrogen-bond donors (Lipinski definition) is 2. The lowest BCUT2D eigenvalue weighted by Crippen LogP contribution is -2.77. The second-order valence-corrected chi connectivity index (χ2v) is 10.4. The van der Waals surface area contributed by atoms with E-state index >= 15 is 0 Å². The molecule has 7 rings (SSSR count). The Morgan fingerprint density at radius 1 is 1.16 bits per heavy atom. The Kier molecular flexibility index (Phi) is 3.68. The molecule has 5 aliphatic rings. The maximum absolute atomic E-state index is 13.8. The molecular formula is C27H27NO4. The monoisotopic (exact) mass is 429 g/mol. The largest absolute Gasteiger partial charge is 0.504 e. The average Bonchev–Trinajstić information content (AvgIpc) is 3.52. The van der Waals surface area contributed by atoms with Gasteiger partial charge in [-0.05, 0) is 61.4 Å². The van der Waals surface area contributed by atoms with Gasteiger partial charge in [0.1, 0.15) is 0 Å². The van der Waals surface area contributed by atoms with Crippen LogP contribution in [0.4, 0.5) is 0 Å². The number of nitrogens with zero attached hydrogens (tertiary/aromatic N) is 1. The van der Waals surface area contributed by atoms with Crippen molar-refractivity contribution >= 4 is 11.9 Å². The number of likely N-dealkylation sites (tertiary alicyclic amines) is 1. The van der Waals surface area contributed by atoms with Gasteiger partial charge >= 0.3 is 0 Å². The van der Waals surface area contributed by atoms with Gasteiger partial charge < -0.3 is 14.9 Å². The van der Waals surface area contributed by atoms with E-state index in [1.54, 1.807) is 6.07 Å². The van der Waals surface area contributed by atoms with Crippen LogP contribution >= 0.6 is 0 Å². The smallest absolute Gasteiger partial charge is 0.200 e. The van der Waals surface area contributed by atoms with E-state index in [1.165, 1.54) is 12.8 Å². The molecule has 0 aromatic heterocycles. The molecule has 1 spiro atoms.